The third kappa shape index (κ3) is 9.99. The highest BCUT2D eigenvalue weighted by molar-refractivity contribution is 5.94. The maximum atomic E-state index is 14.9. The lowest BCUT2D eigenvalue weighted by molar-refractivity contribution is -0.145. The smallest absolute Gasteiger partial charge is 0.410 e. The fourth-order valence-electron chi connectivity index (χ4n) is 7.25. The molecule has 0 aromatic heterocycles. The Bertz CT molecular complexity index is 2110. The number of ether oxygens (including phenoxy) is 2. The maximum Gasteiger partial charge on any atom is 0.410 e. The molecule has 3 N–H and O–H groups in total. The summed E-state index contributed by atoms with van der Waals surface area (Å²) in [6, 6.07) is 25.7. The van der Waals surface area contributed by atoms with Gasteiger partial charge < -0.3 is 30.1 Å². The van der Waals surface area contributed by atoms with Crippen LogP contribution in [0.15, 0.2) is 97.1 Å². The Morgan fingerprint density at radius 3 is 2.12 bits per heavy atom. The van der Waals surface area contributed by atoms with E-state index in [1.807, 2.05) is 42.5 Å². The van der Waals surface area contributed by atoms with Gasteiger partial charge in [0, 0.05) is 26.4 Å². The van der Waals surface area contributed by atoms with Gasteiger partial charge >= 0.3 is 12.1 Å². The molecule has 1 aliphatic heterocycles. The van der Waals surface area contributed by atoms with E-state index in [4.69, 9.17) is 9.47 Å². The lowest BCUT2D eigenvalue weighted by atomic mass is 9.87. The fourth-order valence-corrected chi connectivity index (χ4v) is 7.25. The molecule has 0 saturated carbocycles. The number of aryl methyl sites for hydroxylation is 1. The van der Waals surface area contributed by atoms with Gasteiger partial charge in [0.05, 0.1) is 11.6 Å². The molecule has 1 heterocycles. The summed E-state index contributed by atoms with van der Waals surface area (Å²) in [5.74, 6) is -1.38. The molecular formula is C45H50N4O8. The van der Waals surface area contributed by atoms with Crippen molar-refractivity contribution in [3.05, 3.63) is 130 Å². The lowest BCUT2D eigenvalue weighted by Crippen LogP contribution is -2.60. The molecule has 4 aromatic carbocycles. The maximum absolute atomic E-state index is 14.9. The summed E-state index contributed by atoms with van der Waals surface area (Å²) in [5.41, 5.74) is 4.25. The highest BCUT2D eigenvalue weighted by atomic mass is 16.6. The Labute approximate surface area is 333 Å². The van der Waals surface area contributed by atoms with Gasteiger partial charge in [-0.2, -0.15) is 0 Å². The average molecular weight is 775 g/mol. The predicted octanol–water partition coefficient (Wildman–Crippen LogP) is 6.61. The van der Waals surface area contributed by atoms with Crippen molar-refractivity contribution in [2.75, 3.05) is 7.05 Å². The number of carbonyl (C=O) groups is 5. The Balaban J connectivity index is 1.27. The van der Waals surface area contributed by atoms with Crippen LogP contribution in [0.2, 0.25) is 0 Å². The molecule has 12 nitrogen and oxygen atoms in total. The number of benzene rings is 4. The molecule has 1 aliphatic carbocycles. The molecule has 57 heavy (non-hydrogen) atoms. The number of carbonyl (C=O) groups excluding carboxylic acids is 4. The van der Waals surface area contributed by atoms with Crippen molar-refractivity contribution < 1.29 is 38.6 Å². The quantitative estimate of drug-likeness (QED) is 0.154. The van der Waals surface area contributed by atoms with Crippen LogP contribution in [0, 0.1) is 0 Å². The Kier molecular flexibility index (Phi) is 12.3. The molecule has 4 amide bonds. The summed E-state index contributed by atoms with van der Waals surface area (Å²) >= 11 is 0. The van der Waals surface area contributed by atoms with Crippen LogP contribution in [0.3, 0.4) is 0 Å². The standard InChI is InChI=1S/C45H50N4O8/c1-28(48(5)44(55)57-45(2,3)4)40(50)47-38(25-29-17-21-34(22-18-29)56-35-23-19-31(20-24-35)43(53)54)42(52)49-27-33-13-7-6-12-32(33)26-39(49)41(51)46-37-16-10-14-30-11-8-9-15-36(30)37/h6-9,11-13,15,17-24,28,37-39H,10,14,16,25-27H2,1-5H3,(H,46,51)(H,47,50)(H,53,54)/t28?,37-,38?,39?/m1/s1. The zero-order valence-corrected chi connectivity index (χ0v) is 33.0. The highest BCUT2D eigenvalue weighted by Crippen LogP contribution is 2.31. The van der Waals surface area contributed by atoms with Crippen LogP contribution in [0.5, 0.6) is 11.5 Å². The van der Waals surface area contributed by atoms with Gasteiger partial charge in [-0.25, -0.2) is 9.59 Å². The summed E-state index contributed by atoms with van der Waals surface area (Å²) < 4.78 is 11.4. The number of hydrogen-bond acceptors (Lipinski definition) is 7. The van der Waals surface area contributed by atoms with E-state index < -0.39 is 47.6 Å². The molecule has 12 heteroatoms. The minimum atomic E-state index is -1.11. The van der Waals surface area contributed by atoms with Crippen molar-refractivity contribution >= 4 is 29.8 Å². The first kappa shape index (κ1) is 40.5. The molecule has 6 rings (SSSR count). The van der Waals surface area contributed by atoms with Gasteiger partial charge in [0.2, 0.25) is 17.7 Å². The average Bonchev–Trinajstić information content (AvgIpc) is 3.19. The molecule has 0 spiro atoms. The lowest BCUT2D eigenvalue weighted by Gasteiger charge is -2.39. The summed E-state index contributed by atoms with van der Waals surface area (Å²) in [7, 11) is 1.47. The van der Waals surface area contributed by atoms with Gasteiger partial charge in [-0.3, -0.25) is 19.3 Å². The molecule has 4 atom stereocenters. The Hall–Kier alpha value is -6.17. The van der Waals surface area contributed by atoms with Crippen molar-refractivity contribution in [2.24, 2.45) is 0 Å². The molecule has 0 bridgehead atoms. The number of nitrogens with one attached hydrogen (secondary N) is 2. The van der Waals surface area contributed by atoms with Crippen molar-refractivity contribution in [3.63, 3.8) is 0 Å². The molecule has 0 radical (unpaired) electrons. The van der Waals surface area contributed by atoms with E-state index in [1.54, 1.807) is 69.0 Å². The minimum absolute atomic E-state index is 0.0729. The van der Waals surface area contributed by atoms with Crippen LogP contribution in [-0.4, -0.2) is 75.5 Å². The summed E-state index contributed by atoms with van der Waals surface area (Å²) in [6.07, 6.45) is 2.36. The van der Waals surface area contributed by atoms with Crippen molar-refractivity contribution in [1.29, 1.82) is 0 Å². The molecule has 0 saturated heterocycles. The molecule has 0 fully saturated rings. The summed E-state index contributed by atoms with van der Waals surface area (Å²) in [6.45, 7) is 6.94. The largest absolute Gasteiger partial charge is 0.478 e. The predicted molar refractivity (Wildman–Crippen MR) is 214 cm³/mol. The van der Waals surface area contributed by atoms with E-state index in [9.17, 15) is 29.1 Å². The first-order valence-corrected chi connectivity index (χ1v) is 19.3. The fraction of sp³-hybridized carbons (Fsp3) is 0.356. The number of rotatable bonds is 11. The molecule has 4 aromatic rings. The monoisotopic (exact) mass is 774 g/mol. The van der Waals surface area contributed by atoms with Gasteiger partial charge in [-0.1, -0.05) is 60.7 Å². The van der Waals surface area contributed by atoms with Gasteiger partial charge in [-0.15, -0.1) is 0 Å². The molecule has 3 unspecified atom stereocenters. The van der Waals surface area contributed by atoms with E-state index in [-0.39, 0.29) is 30.5 Å². The molecular weight excluding hydrogens is 725 g/mol. The highest BCUT2D eigenvalue weighted by Gasteiger charge is 2.40. The minimum Gasteiger partial charge on any atom is -0.478 e. The van der Waals surface area contributed by atoms with Gasteiger partial charge in [0.1, 0.15) is 35.2 Å². The third-order valence-electron chi connectivity index (χ3n) is 10.5. The number of likely N-dealkylation sites (N-methyl/N-ethyl adjacent to an activating group) is 1. The Morgan fingerprint density at radius 2 is 1.47 bits per heavy atom. The summed E-state index contributed by atoms with van der Waals surface area (Å²) in [5, 5.41) is 15.4. The second-order valence-corrected chi connectivity index (χ2v) is 15.7. The van der Waals surface area contributed by atoms with Gasteiger partial charge in [0.25, 0.3) is 0 Å². The Morgan fingerprint density at radius 1 is 0.860 bits per heavy atom. The topological polar surface area (TPSA) is 155 Å². The van der Waals surface area contributed by atoms with Crippen LogP contribution < -0.4 is 15.4 Å². The van der Waals surface area contributed by atoms with E-state index >= 15 is 0 Å². The normalized spacial score (nSPS) is 17.2. The van der Waals surface area contributed by atoms with Gasteiger partial charge in [0.15, 0.2) is 0 Å². The first-order valence-electron chi connectivity index (χ1n) is 19.3. The van der Waals surface area contributed by atoms with E-state index in [0.717, 1.165) is 36.0 Å². The zero-order chi connectivity index (χ0) is 40.9. The number of carboxylic acid groups (broad SMARTS) is 1. The van der Waals surface area contributed by atoms with Crippen LogP contribution in [0.1, 0.15) is 84.8 Å². The first-order chi connectivity index (χ1) is 27.2. The van der Waals surface area contributed by atoms with Crippen LogP contribution in [0.25, 0.3) is 0 Å². The molecule has 298 valence electrons. The van der Waals surface area contributed by atoms with E-state index in [1.165, 1.54) is 29.6 Å². The second kappa shape index (κ2) is 17.3. The van der Waals surface area contributed by atoms with E-state index in [2.05, 4.69) is 16.7 Å². The number of aromatic carboxylic acids is 1. The number of hydrogen-bond donors (Lipinski definition) is 3. The van der Waals surface area contributed by atoms with Crippen molar-refractivity contribution in [1.82, 2.24) is 20.4 Å². The van der Waals surface area contributed by atoms with Crippen molar-refractivity contribution in [3.8, 4) is 11.5 Å². The number of nitrogens with zero attached hydrogens (tertiary/aromatic N) is 2. The van der Waals surface area contributed by atoms with Crippen LogP contribution in [-0.2, 0) is 44.9 Å². The second-order valence-electron chi connectivity index (χ2n) is 15.7. The zero-order valence-electron chi connectivity index (χ0n) is 33.0. The number of amides is 4. The SMILES string of the molecule is CC(C(=O)NC(Cc1ccc(Oc2ccc(C(=O)O)cc2)cc1)C(=O)N1Cc2ccccc2CC1C(=O)N[C@@H]1CCCc2ccccc21)N(C)C(=O)OC(C)(C)C. The third-order valence-corrected chi connectivity index (χ3v) is 10.5. The van der Waals surface area contributed by atoms with Crippen LogP contribution in [0.4, 0.5) is 4.79 Å². The van der Waals surface area contributed by atoms with Crippen molar-refractivity contribution in [2.45, 2.75) is 96.1 Å². The number of fused-ring (bicyclic) bond motifs is 2. The molecule has 2 aliphatic rings. The number of carboxylic acids is 1. The van der Waals surface area contributed by atoms with Crippen LogP contribution >= 0.6 is 0 Å². The van der Waals surface area contributed by atoms with Gasteiger partial charge in [-0.05, 0) is 111 Å². The van der Waals surface area contributed by atoms with E-state index in [0.29, 0.717) is 23.5 Å². The summed E-state index contributed by atoms with van der Waals surface area (Å²) in [4.78, 5) is 70.1.